The molecule has 1 aromatic heterocycles. The summed E-state index contributed by atoms with van der Waals surface area (Å²) in [7, 11) is 0. The van der Waals surface area contributed by atoms with Crippen LogP contribution in [-0.2, 0) is 0 Å². The maximum Gasteiger partial charge on any atom is 0.511 e. The third-order valence-corrected chi connectivity index (χ3v) is 1.89. The fourth-order valence-electron chi connectivity index (χ4n) is 1.30. The molecule has 1 heterocycles. The zero-order chi connectivity index (χ0) is 11.0. The Morgan fingerprint density at radius 2 is 2.20 bits per heavy atom. The summed E-state index contributed by atoms with van der Waals surface area (Å²) < 4.78 is 30.8. The van der Waals surface area contributed by atoms with Crippen molar-refractivity contribution in [2.75, 3.05) is 0 Å². The van der Waals surface area contributed by atoms with Gasteiger partial charge in [0.2, 0.25) is 0 Å². The van der Waals surface area contributed by atoms with Crippen LogP contribution in [0.5, 0.6) is 5.75 Å². The van der Waals surface area contributed by atoms with Crippen molar-refractivity contribution in [1.29, 1.82) is 0 Å². The van der Waals surface area contributed by atoms with E-state index in [1.165, 1.54) is 12.3 Å². The lowest BCUT2D eigenvalue weighted by molar-refractivity contribution is 0.142. The van der Waals surface area contributed by atoms with Crippen LogP contribution in [0.15, 0.2) is 18.3 Å². The predicted molar refractivity (Wildman–Crippen MR) is 46.9 cm³/mol. The number of carbonyl (C=O) groups is 1. The lowest BCUT2D eigenvalue weighted by Crippen LogP contribution is -2.05. The van der Waals surface area contributed by atoms with Gasteiger partial charge in [-0.3, -0.25) is 0 Å². The van der Waals surface area contributed by atoms with Crippen molar-refractivity contribution >= 4 is 17.1 Å². The highest BCUT2D eigenvalue weighted by molar-refractivity contribution is 5.83. The largest absolute Gasteiger partial charge is 0.511 e. The van der Waals surface area contributed by atoms with Crippen molar-refractivity contribution < 1.29 is 23.4 Å². The Balaban J connectivity index is 2.65. The van der Waals surface area contributed by atoms with E-state index in [4.69, 9.17) is 5.11 Å². The van der Waals surface area contributed by atoms with E-state index in [1.54, 1.807) is 0 Å². The van der Waals surface area contributed by atoms with Crippen LogP contribution >= 0.6 is 0 Å². The Morgan fingerprint density at radius 3 is 2.87 bits per heavy atom. The molecule has 0 fully saturated rings. The van der Waals surface area contributed by atoms with Crippen LogP contribution in [0.4, 0.5) is 13.6 Å². The minimum absolute atomic E-state index is 0.0229. The Morgan fingerprint density at radius 1 is 1.47 bits per heavy atom. The van der Waals surface area contributed by atoms with Gasteiger partial charge in [0.25, 0.3) is 0 Å². The summed E-state index contributed by atoms with van der Waals surface area (Å²) in [6, 6.07) is 1.98. The first-order valence-electron chi connectivity index (χ1n) is 3.95. The lowest BCUT2D eigenvalue weighted by Gasteiger charge is -2.03. The van der Waals surface area contributed by atoms with Gasteiger partial charge in [0.05, 0.1) is 5.52 Å². The summed E-state index contributed by atoms with van der Waals surface area (Å²) in [5, 5.41) is 8.24. The molecule has 0 saturated carbocycles. The molecule has 0 unspecified atom stereocenters. The second-order valence-corrected chi connectivity index (χ2v) is 2.80. The molecule has 0 bridgehead atoms. The van der Waals surface area contributed by atoms with Gasteiger partial charge in [-0.2, -0.15) is 0 Å². The molecule has 0 spiro atoms. The van der Waals surface area contributed by atoms with Crippen molar-refractivity contribution in [3.05, 3.63) is 30.0 Å². The first kappa shape index (κ1) is 9.45. The van der Waals surface area contributed by atoms with Gasteiger partial charge in [0.15, 0.2) is 17.4 Å². The molecule has 0 amide bonds. The molecule has 15 heavy (non-hydrogen) atoms. The molecule has 2 rings (SSSR count). The van der Waals surface area contributed by atoms with Crippen LogP contribution in [0.3, 0.4) is 0 Å². The highest BCUT2D eigenvalue weighted by Gasteiger charge is 2.16. The minimum atomic E-state index is -1.69. The fraction of sp³-hybridized carbons (Fsp3) is 0. The van der Waals surface area contributed by atoms with Crippen LogP contribution < -0.4 is 4.74 Å². The number of benzene rings is 1. The number of fused-ring (bicyclic) bond motifs is 1. The summed E-state index contributed by atoms with van der Waals surface area (Å²) in [6.07, 6.45) is -0.343. The number of hydrogen-bond acceptors (Lipinski definition) is 2. The molecular formula is C9H5F2NO3. The lowest BCUT2D eigenvalue weighted by atomic mass is 10.2. The van der Waals surface area contributed by atoms with Crippen molar-refractivity contribution in [3.8, 4) is 5.75 Å². The van der Waals surface area contributed by atoms with E-state index in [0.29, 0.717) is 6.07 Å². The number of aromatic amines is 1. The fourth-order valence-corrected chi connectivity index (χ4v) is 1.30. The standard InChI is InChI=1S/C9H5F2NO3/c10-5-3-6(15-9(13)14)7(11)4-1-2-12-8(4)5/h1-3,12H,(H,13,14). The van der Waals surface area contributed by atoms with E-state index in [0.717, 1.165) is 0 Å². The van der Waals surface area contributed by atoms with Crippen molar-refractivity contribution in [2.24, 2.45) is 0 Å². The second kappa shape index (κ2) is 3.23. The van der Waals surface area contributed by atoms with Crippen LogP contribution in [0.1, 0.15) is 0 Å². The minimum Gasteiger partial charge on any atom is -0.449 e. The summed E-state index contributed by atoms with van der Waals surface area (Å²) in [5.41, 5.74) is -0.0229. The van der Waals surface area contributed by atoms with Crippen LogP contribution in [0, 0.1) is 11.6 Å². The van der Waals surface area contributed by atoms with E-state index in [9.17, 15) is 13.6 Å². The van der Waals surface area contributed by atoms with E-state index in [1.807, 2.05) is 0 Å². The van der Waals surface area contributed by atoms with Crippen molar-refractivity contribution in [2.45, 2.75) is 0 Å². The highest BCUT2D eigenvalue weighted by Crippen LogP contribution is 2.28. The Hall–Kier alpha value is -2.11. The quantitative estimate of drug-likeness (QED) is 0.565. The normalized spacial score (nSPS) is 10.5. The first-order chi connectivity index (χ1) is 7.09. The van der Waals surface area contributed by atoms with Crippen molar-refractivity contribution in [3.63, 3.8) is 0 Å². The van der Waals surface area contributed by atoms with E-state index >= 15 is 0 Å². The van der Waals surface area contributed by atoms with Gasteiger partial charge in [0.1, 0.15) is 0 Å². The molecule has 0 atom stereocenters. The van der Waals surface area contributed by atoms with Gasteiger partial charge < -0.3 is 14.8 Å². The topological polar surface area (TPSA) is 62.3 Å². The Labute approximate surface area is 82.1 Å². The molecule has 78 valence electrons. The number of nitrogens with one attached hydrogen (secondary N) is 1. The smallest absolute Gasteiger partial charge is 0.449 e. The summed E-state index contributed by atoms with van der Waals surface area (Å²) >= 11 is 0. The molecule has 6 heteroatoms. The molecule has 4 nitrogen and oxygen atoms in total. The Bertz CT molecular complexity index is 535. The Kier molecular flexibility index (Phi) is 2.03. The third kappa shape index (κ3) is 1.50. The zero-order valence-electron chi connectivity index (χ0n) is 7.25. The average molecular weight is 213 g/mol. The summed E-state index contributed by atoms with van der Waals surface area (Å²) in [4.78, 5) is 12.7. The first-order valence-corrected chi connectivity index (χ1v) is 3.95. The molecule has 0 aliphatic rings. The van der Waals surface area contributed by atoms with Gasteiger partial charge in [0, 0.05) is 17.6 Å². The van der Waals surface area contributed by atoms with Gasteiger partial charge in [-0.1, -0.05) is 0 Å². The van der Waals surface area contributed by atoms with E-state index in [-0.39, 0.29) is 10.9 Å². The van der Waals surface area contributed by atoms with Gasteiger partial charge in [-0.05, 0) is 6.07 Å². The molecule has 0 aliphatic heterocycles. The maximum atomic E-state index is 13.5. The monoisotopic (exact) mass is 213 g/mol. The van der Waals surface area contributed by atoms with E-state index in [2.05, 4.69) is 9.72 Å². The zero-order valence-corrected chi connectivity index (χ0v) is 7.25. The summed E-state index contributed by atoms with van der Waals surface area (Å²) in [5.74, 6) is -2.32. The average Bonchev–Trinajstić information content (AvgIpc) is 2.61. The van der Waals surface area contributed by atoms with E-state index < -0.39 is 23.5 Å². The molecule has 0 radical (unpaired) electrons. The molecule has 2 aromatic rings. The summed E-state index contributed by atoms with van der Waals surface area (Å²) in [6.45, 7) is 0. The maximum absolute atomic E-state index is 13.5. The molecule has 1 aromatic carbocycles. The molecular weight excluding hydrogens is 208 g/mol. The molecule has 2 N–H and O–H groups in total. The van der Waals surface area contributed by atoms with Gasteiger partial charge in [-0.25, -0.2) is 13.6 Å². The number of carboxylic acid groups (broad SMARTS) is 1. The molecule has 0 aliphatic carbocycles. The van der Waals surface area contributed by atoms with Crippen LogP contribution in [0.25, 0.3) is 10.9 Å². The second-order valence-electron chi connectivity index (χ2n) is 2.80. The molecule has 0 saturated heterocycles. The van der Waals surface area contributed by atoms with Crippen molar-refractivity contribution in [1.82, 2.24) is 4.98 Å². The van der Waals surface area contributed by atoms with Gasteiger partial charge in [-0.15, -0.1) is 0 Å². The number of hydrogen-bond donors (Lipinski definition) is 2. The highest BCUT2D eigenvalue weighted by atomic mass is 19.1. The number of halogens is 2. The van der Waals surface area contributed by atoms with Gasteiger partial charge >= 0.3 is 6.16 Å². The number of rotatable bonds is 1. The van der Waals surface area contributed by atoms with Crippen LogP contribution in [0.2, 0.25) is 0 Å². The predicted octanol–water partition coefficient (Wildman–Crippen LogP) is 2.50. The third-order valence-electron chi connectivity index (χ3n) is 1.89. The number of H-pyrrole nitrogens is 1. The SMILES string of the molecule is O=C(O)Oc1cc(F)c2[nH]ccc2c1F. The number of aromatic nitrogens is 1. The van der Waals surface area contributed by atoms with Crippen LogP contribution in [-0.4, -0.2) is 16.2 Å². The number of ether oxygens (including phenoxy) is 1.